The van der Waals surface area contributed by atoms with Gasteiger partial charge >= 0.3 is 0 Å². The molecule has 5 nitrogen and oxygen atoms in total. The molecule has 0 saturated carbocycles. The number of aliphatic hydroxyl groups is 1. The molecule has 92 valence electrons. The van der Waals surface area contributed by atoms with Crippen LogP contribution in [-0.2, 0) is 13.2 Å². The Labute approximate surface area is 97.1 Å². The molecule has 0 radical (unpaired) electrons. The van der Waals surface area contributed by atoms with E-state index in [0.717, 1.165) is 25.2 Å². The number of rotatable bonds is 6. The van der Waals surface area contributed by atoms with E-state index < -0.39 is 0 Å². The van der Waals surface area contributed by atoms with Crippen molar-refractivity contribution in [3.63, 3.8) is 0 Å². The summed E-state index contributed by atoms with van der Waals surface area (Å²) in [5, 5.41) is 17.3. The molecule has 0 aliphatic heterocycles. The fraction of sp³-hybridized carbons (Fsp3) is 0.818. The topological polar surface area (TPSA) is 54.2 Å². The van der Waals surface area contributed by atoms with Crippen molar-refractivity contribution in [2.75, 3.05) is 20.6 Å². The molecular formula is C11H22N4O. The van der Waals surface area contributed by atoms with E-state index in [9.17, 15) is 5.11 Å². The van der Waals surface area contributed by atoms with Gasteiger partial charge in [0.05, 0.1) is 12.3 Å². The third kappa shape index (κ3) is 3.28. The van der Waals surface area contributed by atoms with Crippen LogP contribution in [0.25, 0.3) is 0 Å². The molecule has 0 amide bonds. The molecule has 0 aromatic carbocycles. The maximum Gasteiger partial charge on any atom is 0.112 e. The predicted octanol–water partition coefficient (Wildman–Crippen LogP) is 0.845. The fourth-order valence-corrected chi connectivity index (χ4v) is 1.80. The van der Waals surface area contributed by atoms with Gasteiger partial charge in [-0.15, -0.1) is 5.10 Å². The normalized spacial score (nSPS) is 11.7. The molecule has 0 aliphatic rings. The Kier molecular flexibility index (Phi) is 4.89. The molecule has 1 heterocycles. The average Bonchev–Trinajstić information content (AvgIpc) is 2.60. The molecule has 0 bridgehead atoms. The number of aromatic nitrogens is 3. The molecule has 1 aromatic rings. The Morgan fingerprint density at radius 1 is 1.38 bits per heavy atom. The number of hydrogen-bond donors (Lipinski definition) is 1. The van der Waals surface area contributed by atoms with Gasteiger partial charge in [-0.3, -0.25) is 0 Å². The standard InChI is InChI=1S/C11H22N4O/c1-9(2)11-10(8-16)12-13-15(11)7-5-6-14(3)4/h9,16H,5-8H2,1-4H3. The zero-order chi connectivity index (χ0) is 12.1. The molecule has 1 aromatic heterocycles. The second-order valence-corrected chi connectivity index (χ2v) is 4.61. The van der Waals surface area contributed by atoms with Crippen molar-refractivity contribution in [3.05, 3.63) is 11.4 Å². The van der Waals surface area contributed by atoms with Crippen LogP contribution in [0.4, 0.5) is 0 Å². The summed E-state index contributed by atoms with van der Waals surface area (Å²) in [6.45, 7) is 6.06. The van der Waals surface area contributed by atoms with Crippen molar-refractivity contribution >= 4 is 0 Å². The predicted molar refractivity (Wildman–Crippen MR) is 63.2 cm³/mol. The first kappa shape index (κ1) is 13.1. The van der Waals surface area contributed by atoms with E-state index in [-0.39, 0.29) is 6.61 Å². The number of aryl methyl sites for hydroxylation is 1. The highest BCUT2D eigenvalue weighted by atomic mass is 16.3. The Morgan fingerprint density at radius 2 is 2.06 bits per heavy atom. The van der Waals surface area contributed by atoms with E-state index >= 15 is 0 Å². The summed E-state index contributed by atoms with van der Waals surface area (Å²) in [5.74, 6) is 0.344. The van der Waals surface area contributed by atoms with Gasteiger partial charge in [0.2, 0.25) is 0 Å². The van der Waals surface area contributed by atoms with Gasteiger partial charge in [0, 0.05) is 6.54 Å². The summed E-state index contributed by atoms with van der Waals surface area (Å²) in [6, 6.07) is 0. The molecule has 0 fully saturated rings. The van der Waals surface area contributed by atoms with Crippen LogP contribution in [0.15, 0.2) is 0 Å². The summed E-state index contributed by atoms with van der Waals surface area (Å²) in [6.07, 6.45) is 1.04. The van der Waals surface area contributed by atoms with E-state index in [1.807, 2.05) is 4.68 Å². The van der Waals surface area contributed by atoms with Gasteiger partial charge in [-0.1, -0.05) is 19.1 Å². The number of hydrogen-bond acceptors (Lipinski definition) is 4. The van der Waals surface area contributed by atoms with Crippen molar-refractivity contribution in [3.8, 4) is 0 Å². The molecule has 1 rings (SSSR count). The quantitative estimate of drug-likeness (QED) is 0.781. The van der Waals surface area contributed by atoms with Crippen molar-refractivity contribution in [1.29, 1.82) is 0 Å². The first-order chi connectivity index (χ1) is 7.56. The lowest BCUT2D eigenvalue weighted by atomic mass is 10.1. The maximum absolute atomic E-state index is 9.17. The van der Waals surface area contributed by atoms with Crippen LogP contribution >= 0.6 is 0 Å². The van der Waals surface area contributed by atoms with E-state index in [1.165, 1.54) is 0 Å². The Morgan fingerprint density at radius 3 is 2.56 bits per heavy atom. The maximum atomic E-state index is 9.17. The highest BCUT2D eigenvalue weighted by Gasteiger charge is 2.14. The first-order valence-corrected chi connectivity index (χ1v) is 5.74. The van der Waals surface area contributed by atoms with E-state index in [0.29, 0.717) is 11.6 Å². The van der Waals surface area contributed by atoms with Gasteiger partial charge in [0.25, 0.3) is 0 Å². The molecule has 0 unspecified atom stereocenters. The third-order valence-corrected chi connectivity index (χ3v) is 2.52. The first-order valence-electron chi connectivity index (χ1n) is 5.74. The monoisotopic (exact) mass is 226 g/mol. The molecule has 16 heavy (non-hydrogen) atoms. The SMILES string of the molecule is CC(C)c1c(CO)nnn1CCCN(C)C. The van der Waals surface area contributed by atoms with Gasteiger partial charge in [0.15, 0.2) is 0 Å². The van der Waals surface area contributed by atoms with Gasteiger partial charge in [-0.25, -0.2) is 4.68 Å². The van der Waals surface area contributed by atoms with Crippen LogP contribution in [0.5, 0.6) is 0 Å². The second kappa shape index (κ2) is 5.96. The zero-order valence-corrected chi connectivity index (χ0v) is 10.6. The van der Waals surface area contributed by atoms with E-state index in [2.05, 4.69) is 43.2 Å². The summed E-state index contributed by atoms with van der Waals surface area (Å²) in [7, 11) is 4.12. The summed E-state index contributed by atoms with van der Waals surface area (Å²) in [4.78, 5) is 2.15. The Balaban J connectivity index is 2.68. The molecule has 5 heteroatoms. The summed E-state index contributed by atoms with van der Waals surface area (Å²) < 4.78 is 1.92. The largest absolute Gasteiger partial charge is 0.390 e. The highest BCUT2D eigenvalue weighted by Crippen LogP contribution is 2.17. The summed E-state index contributed by atoms with van der Waals surface area (Å²) >= 11 is 0. The van der Waals surface area contributed by atoms with Crippen molar-refractivity contribution < 1.29 is 5.11 Å². The molecule has 1 N–H and O–H groups in total. The molecular weight excluding hydrogens is 204 g/mol. The van der Waals surface area contributed by atoms with Crippen molar-refractivity contribution in [2.24, 2.45) is 0 Å². The Hall–Kier alpha value is -0.940. The Bertz CT molecular complexity index is 320. The molecule has 0 aliphatic carbocycles. The second-order valence-electron chi connectivity index (χ2n) is 4.61. The smallest absolute Gasteiger partial charge is 0.112 e. The summed E-state index contributed by atoms with van der Waals surface area (Å²) in [5.41, 5.74) is 1.76. The number of nitrogens with zero attached hydrogens (tertiary/aromatic N) is 4. The van der Waals surface area contributed by atoms with Crippen molar-refractivity contribution in [2.45, 2.75) is 39.3 Å². The minimum absolute atomic E-state index is 0.0266. The fourth-order valence-electron chi connectivity index (χ4n) is 1.80. The van der Waals surface area contributed by atoms with Crippen LogP contribution in [-0.4, -0.2) is 45.6 Å². The minimum Gasteiger partial charge on any atom is -0.390 e. The van der Waals surface area contributed by atoms with Gasteiger partial charge in [-0.05, 0) is 33.0 Å². The lowest BCUT2D eigenvalue weighted by Gasteiger charge is -2.12. The highest BCUT2D eigenvalue weighted by molar-refractivity contribution is 5.13. The molecule has 0 spiro atoms. The molecule has 0 atom stereocenters. The van der Waals surface area contributed by atoms with Gasteiger partial charge in [0.1, 0.15) is 5.69 Å². The van der Waals surface area contributed by atoms with Gasteiger partial charge < -0.3 is 10.0 Å². The average molecular weight is 226 g/mol. The van der Waals surface area contributed by atoms with Crippen LogP contribution < -0.4 is 0 Å². The van der Waals surface area contributed by atoms with Crippen LogP contribution in [0.2, 0.25) is 0 Å². The molecule has 0 saturated heterocycles. The van der Waals surface area contributed by atoms with Crippen molar-refractivity contribution in [1.82, 2.24) is 19.9 Å². The van der Waals surface area contributed by atoms with Gasteiger partial charge in [-0.2, -0.15) is 0 Å². The lowest BCUT2D eigenvalue weighted by Crippen LogP contribution is -2.16. The van der Waals surface area contributed by atoms with Crippen LogP contribution in [0, 0.1) is 0 Å². The van der Waals surface area contributed by atoms with E-state index in [4.69, 9.17) is 0 Å². The zero-order valence-electron chi connectivity index (χ0n) is 10.6. The van der Waals surface area contributed by atoms with Crippen LogP contribution in [0.1, 0.15) is 37.6 Å². The van der Waals surface area contributed by atoms with Crippen LogP contribution in [0.3, 0.4) is 0 Å². The number of aliphatic hydroxyl groups excluding tert-OH is 1. The third-order valence-electron chi connectivity index (χ3n) is 2.52. The lowest BCUT2D eigenvalue weighted by molar-refractivity contribution is 0.274. The minimum atomic E-state index is -0.0266. The van der Waals surface area contributed by atoms with E-state index in [1.54, 1.807) is 0 Å².